The molecule has 5 nitrogen and oxygen atoms in total. The molecule has 2 atom stereocenters. The first-order valence-corrected chi connectivity index (χ1v) is 7.63. The SMILES string of the molecule is CCc1nnc2n1C[C@@H](NC(=O)C[C@H]1C=CCC1)CC2. The molecule has 0 unspecified atom stereocenters. The lowest BCUT2D eigenvalue weighted by molar-refractivity contribution is -0.122. The van der Waals surface area contributed by atoms with Crippen LogP contribution >= 0.6 is 0 Å². The van der Waals surface area contributed by atoms with E-state index in [1.807, 2.05) is 0 Å². The van der Waals surface area contributed by atoms with Crippen molar-refractivity contribution in [2.24, 2.45) is 5.92 Å². The highest BCUT2D eigenvalue weighted by Crippen LogP contribution is 2.21. The fourth-order valence-electron chi connectivity index (χ4n) is 3.15. The number of rotatable bonds is 4. The smallest absolute Gasteiger partial charge is 0.220 e. The lowest BCUT2D eigenvalue weighted by atomic mass is 10.0. The first-order valence-electron chi connectivity index (χ1n) is 7.63. The van der Waals surface area contributed by atoms with Gasteiger partial charge in [0.15, 0.2) is 0 Å². The normalized spacial score (nSPS) is 24.6. The molecule has 2 aliphatic rings. The third-order valence-corrected chi connectivity index (χ3v) is 4.26. The Morgan fingerprint density at radius 1 is 1.45 bits per heavy atom. The van der Waals surface area contributed by atoms with E-state index in [4.69, 9.17) is 0 Å². The van der Waals surface area contributed by atoms with Gasteiger partial charge >= 0.3 is 0 Å². The molecule has 1 aliphatic carbocycles. The highest BCUT2D eigenvalue weighted by atomic mass is 16.1. The van der Waals surface area contributed by atoms with Crippen molar-refractivity contribution in [1.29, 1.82) is 0 Å². The van der Waals surface area contributed by atoms with Crippen molar-refractivity contribution in [3.63, 3.8) is 0 Å². The minimum atomic E-state index is 0.182. The predicted molar refractivity (Wildman–Crippen MR) is 76.1 cm³/mol. The summed E-state index contributed by atoms with van der Waals surface area (Å²) in [6.07, 6.45) is 9.97. The van der Waals surface area contributed by atoms with Crippen LogP contribution in [0.2, 0.25) is 0 Å². The van der Waals surface area contributed by atoms with Crippen LogP contribution < -0.4 is 5.32 Å². The topological polar surface area (TPSA) is 59.8 Å². The van der Waals surface area contributed by atoms with Crippen LogP contribution in [0.5, 0.6) is 0 Å². The lowest BCUT2D eigenvalue weighted by Crippen LogP contribution is -2.41. The molecule has 0 fully saturated rings. The number of fused-ring (bicyclic) bond motifs is 1. The summed E-state index contributed by atoms with van der Waals surface area (Å²) >= 11 is 0. The maximum absolute atomic E-state index is 12.1. The zero-order valence-electron chi connectivity index (χ0n) is 12.0. The highest BCUT2D eigenvalue weighted by molar-refractivity contribution is 5.76. The Hall–Kier alpha value is -1.65. The zero-order chi connectivity index (χ0) is 13.9. The predicted octanol–water partition coefficient (Wildman–Crippen LogP) is 1.63. The highest BCUT2D eigenvalue weighted by Gasteiger charge is 2.24. The minimum absolute atomic E-state index is 0.182. The van der Waals surface area contributed by atoms with Gasteiger partial charge in [-0.15, -0.1) is 10.2 Å². The number of nitrogens with one attached hydrogen (secondary N) is 1. The molecule has 1 amide bonds. The van der Waals surface area contributed by atoms with Crippen LogP contribution in [0.3, 0.4) is 0 Å². The number of carbonyl (C=O) groups is 1. The second-order valence-corrected chi connectivity index (χ2v) is 5.77. The van der Waals surface area contributed by atoms with Crippen LogP contribution in [0.1, 0.15) is 44.3 Å². The molecular formula is C15H22N4O. The molecule has 2 heterocycles. The van der Waals surface area contributed by atoms with Crippen LogP contribution in [-0.4, -0.2) is 26.7 Å². The van der Waals surface area contributed by atoms with Crippen molar-refractivity contribution < 1.29 is 4.79 Å². The molecule has 0 spiro atoms. The minimum Gasteiger partial charge on any atom is -0.352 e. The van der Waals surface area contributed by atoms with Crippen LogP contribution in [0.25, 0.3) is 0 Å². The first kappa shape index (κ1) is 13.3. The van der Waals surface area contributed by atoms with E-state index in [2.05, 4.69) is 39.2 Å². The van der Waals surface area contributed by atoms with E-state index in [0.717, 1.165) is 50.3 Å². The Morgan fingerprint density at radius 3 is 3.10 bits per heavy atom. The summed E-state index contributed by atoms with van der Waals surface area (Å²) in [7, 11) is 0. The maximum atomic E-state index is 12.1. The second-order valence-electron chi connectivity index (χ2n) is 5.77. The molecule has 108 valence electrons. The number of carbonyl (C=O) groups excluding carboxylic acids is 1. The van der Waals surface area contributed by atoms with Crippen molar-refractivity contribution >= 4 is 5.91 Å². The largest absolute Gasteiger partial charge is 0.352 e. The van der Waals surface area contributed by atoms with Crippen molar-refractivity contribution in [2.45, 2.75) is 58.0 Å². The molecule has 5 heteroatoms. The van der Waals surface area contributed by atoms with Crippen molar-refractivity contribution in [2.75, 3.05) is 0 Å². The third-order valence-electron chi connectivity index (χ3n) is 4.26. The van der Waals surface area contributed by atoms with Gasteiger partial charge in [-0.25, -0.2) is 0 Å². The van der Waals surface area contributed by atoms with Crippen LogP contribution in [0.15, 0.2) is 12.2 Å². The quantitative estimate of drug-likeness (QED) is 0.849. The third kappa shape index (κ3) is 2.76. The number of hydrogen-bond donors (Lipinski definition) is 1. The van der Waals surface area contributed by atoms with Gasteiger partial charge in [0.2, 0.25) is 5.91 Å². The summed E-state index contributed by atoms with van der Waals surface area (Å²) in [5, 5.41) is 11.6. The van der Waals surface area contributed by atoms with Gasteiger partial charge in [-0.05, 0) is 25.2 Å². The monoisotopic (exact) mass is 274 g/mol. The first-order chi connectivity index (χ1) is 9.76. The van der Waals surface area contributed by atoms with Gasteiger partial charge in [0, 0.05) is 31.8 Å². The Bertz CT molecular complexity index is 506. The second kappa shape index (κ2) is 5.77. The Labute approximate surface area is 119 Å². The van der Waals surface area contributed by atoms with Gasteiger partial charge in [-0.3, -0.25) is 4.79 Å². The molecule has 1 aromatic rings. The van der Waals surface area contributed by atoms with Gasteiger partial charge in [-0.2, -0.15) is 0 Å². The van der Waals surface area contributed by atoms with Gasteiger partial charge in [0.05, 0.1) is 0 Å². The van der Waals surface area contributed by atoms with Crippen LogP contribution in [-0.2, 0) is 24.2 Å². The Morgan fingerprint density at radius 2 is 2.35 bits per heavy atom. The molecule has 20 heavy (non-hydrogen) atoms. The number of amides is 1. The summed E-state index contributed by atoms with van der Waals surface area (Å²) < 4.78 is 2.17. The summed E-state index contributed by atoms with van der Waals surface area (Å²) in [6, 6.07) is 0.224. The van der Waals surface area contributed by atoms with Gasteiger partial charge in [0.25, 0.3) is 0 Å². The standard InChI is InChI=1S/C15H22N4O/c1-2-13-17-18-14-8-7-12(10-19(13)14)16-15(20)9-11-5-3-4-6-11/h3,5,11-12H,2,4,6-10H2,1H3,(H,16,20)/t11-,12-/m0/s1. The van der Waals surface area contributed by atoms with Crippen LogP contribution in [0, 0.1) is 5.92 Å². The van der Waals surface area contributed by atoms with E-state index < -0.39 is 0 Å². The molecular weight excluding hydrogens is 252 g/mol. The summed E-state index contributed by atoms with van der Waals surface area (Å²) in [6.45, 7) is 2.91. The Balaban J connectivity index is 1.56. The fraction of sp³-hybridized carbons (Fsp3) is 0.667. The van der Waals surface area contributed by atoms with Gasteiger partial charge < -0.3 is 9.88 Å². The van der Waals surface area contributed by atoms with E-state index in [-0.39, 0.29) is 11.9 Å². The number of aryl methyl sites for hydroxylation is 2. The molecule has 0 saturated carbocycles. The molecule has 1 aromatic heterocycles. The zero-order valence-corrected chi connectivity index (χ0v) is 12.0. The molecule has 0 saturated heterocycles. The lowest BCUT2D eigenvalue weighted by Gasteiger charge is -2.25. The average Bonchev–Trinajstić information content (AvgIpc) is 3.07. The molecule has 3 rings (SSSR count). The van der Waals surface area contributed by atoms with Crippen molar-refractivity contribution in [3.05, 3.63) is 23.8 Å². The van der Waals surface area contributed by atoms with Gasteiger partial charge in [-0.1, -0.05) is 19.1 Å². The van der Waals surface area contributed by atoms with Gasteiger partial charge in [0.1, 0.15) is 11.6 Å². The molecule has 0 radical (unpaired) electrons. The Kier molecular flexibility index (Phi) is 3.85. The number of nitrogens with zero attached hydrogens (tertiary/aromatic N) is 3. The summed E-state index contributed by atoms with van der Waals surface area (Å²) in [5.74, 6) is 2.71. The van der Waals surface area contributed by atoms with E-state index in [1.165, 1.54) is 0 Å². The molecule has 0 aromatic carbocycles. The van der Waals surface area contributed by atoms with Crippen molar-refractivity contribution in [3.8, 4) is 0 Å². The van der Waals surface area contributed by atoms with E-state index in [9.17, 15) is 4.79 Å². The van der Waals surface area contributed by atoms with E-state index in [0.29, 0.717) is 12.3 Å². The average molecular weight is 274 g/mol. The molecule has 1 aliphatic heterocycles. The summed E-state index contributed by atoms with van der Waals surface area (Å²) in [5.41, 5.74) is 0. The number of aromatic nitrogens is 3. The number of allylic oxidation sites excluding steroid dienone is 2. The van der Waals surface area contributed by atoms with Crippen molar-refractivity contribution in [1.82, 2.24) is 20.1 Å². The maximum Gasteiger partial charge on any atom is 0.220 e. The van der Waals surface area contributed by atoms with E-state index in [1.54, 1.807) is 0 Å². The summed E-state index contributed by atoms with van der Waals surface area (Å²) in [4.78, 5) is 12.1. The van der Waals surface area contributed by atoms with E-state index >= 15 is 0 Å². The number of hydrogen-bond acceptors (Lipinski definition) is 3. The molecule has 1 N–H and O–H groups in total. The fourth-order valence-corrected chi connectivity index (χ4v) is 3.15. The molecule has 0 bridgehead atoms. The van der Waals surface area contributed by atoms with Crippen LogP contribution in [0.4, 0.5) is 0 Å².